The molecule has 0 amide bonds. The van der Waals surface area contributed by atoms with Gasteiger partial charge in [-0.25, -0.2) is 0 Å². The second-order valence-corrected chi connectivity index (χ2v) is 3.29. The van der Waals surface area contributed by atoms with Gasteiger partial charge in [0.1, 0.15) is 5.72 Å². The van der Waals surface area contributed by atoms with E-state index in [0.29, 0.717) is 0 Å². The van der Waals surface area contributed by atoms with Crippen LogP contribution in [0.15, 0.2) is 30.3 Å². The minimum absolute atomic E-state index is 0.634. The van der Waals surface area contributed by atoms with E-state index in [-0.39, 0.29) is 0 Å². The van der Waals surface area contributed by atoms with Crippen molar-refractivity contribution in [2.75, 3.05) is 7.11 Å². The lowest BCUT2D eigenvalue weighted by Gasteiger charge is -2.31. The molecule has 0 radical (unpaired) electrons. The van der Waals surface area contributed by atoms with Crippen LogP contribution in [0.25, 0.3) is 6.08 Å². The van der Waals surface area contributed by atoms with E-state index in [4.69, 9.17) is 10.5 Å². The van der Waals surface area contributed by atoms with Crippen LogP contribution in [0.4, 0.5) is 0 Å². The zero-order chi connectivity index (χ0) is 9.31. The normalized spacial score (nSPS) is 25.7. The molecule has 1 aromatic rings. The van der Waals surface area contributed by atoms with Gasteiger partial charge < -0.3 is 4.74 Å². The maximum atomic E-state index is 6.10. The molecule has 2 nitrogen and oxygen atoms in total. The first-order valence-corrected chi connectivity index (χ1v) is 4.36. The second-order valence-electron chi connectivity index (χ2n) is 3.29. The van der Waals surface area contributed by atoms with Gasteiger partial charge in [0.05, 0.1) is 0 Å². The summed E-state index contributed by atoms with van der Waals surface area (Å²) < 4.78 is 5.33. The maximum Gasteiger partial charge on any atom is 0.146 e. The molecule has 68 valence electrons. The Bertz CT molecular complexity index is 346. The van der Waals surface area contributed by atoms with Crippen molar-refractivity contribution in [3.8, 4) is 0 Å². The average Bonchev–Trinajstić information content (AvgIpc) is 2.19. The van der Waals surface area contributed by atoms with Gasteiger partial charge in [0, 0.05) is 19.1 Å². The Morgan fingerprint density at radius 3 is 2.92 bits per heavy atom. The summed E-state index contributed by atoms with van der Waals surface area (Å²) in [6.45, 7) is 0. The third-order valence-electron chi connectivity index (χ3n) is 2.50. The van der Waals surface area contributed by atoms with Gasteiger partial charge >= 0.3 is 0 Å². The van der Waals surface area contributed by atoms with E-state index < -0.39 is 5.72 Å². The zero-order valence-corrected chi connectivity index (χ0v) is 7.66. The molecule has 13 heavy (non-hydrogen) atoms. The number of hydrogen-bond acceptors (Lipinski definition) is 2. The number of hydrogen-bond donors (Lipinski definition) is 1. The van der Waals surface area contributed by atoms with Crippen LogP contribution < -0.4 is 5.73 Å². The van der Waals surface area contributed by atoms with Gasteiger partial charge in [-0.3, -0.25) is 5.73 Å². The quantitative estimate of drug-likeness (QED) is 0.661. The predicted molar refractivity (Wildman–Crippen MR) is 53.0 cm³/mol. The predicted octanol–water partition coefficient (Wildman–Crippen LogP) is 1.86. The first-order chi connectivity index (χ1) is 6.26. The van der Waals surface area contributed by atoms with Crippen LogP contribution in [-0.4, -0.2) is 7.11 Å². The largest absolute Gasteiger partial charge is 0.359 e. The molecule has 0 heterocycles. The minimum atomic E-state index is -0.634. The summed E-state index contributed by atoms with van der Waals surface area (Å²) in [5.41, 5.74) is 7.68. The summed E-state index contributed by atoms with van der Waals surface area (Å²) in [5.74, 6) is 0. The molecular weight excluding hydrogens is 162 g/mol. The number of ether oxygens (including phenoxy) is 1. The summed E-state index contributed by atoms with van der Waals surface area (Å²) in [4.78, 5) is 0. The van der Waals surface area contributed by atoms with Crippen LogP contribution in [0.5, 0.6) is 0 Å². The highest BCUT2D eigenvalue weighted by Crippen LogP contribution is 2.31. The number of methoxy groups -OCH3 is 1. The lowest BCUT2D eigenvalue weighted by Crippen LogP contribution is -2.39. The number of rotatable bonds is 1. The summed E-state index contributed by atoms with van der Waals surface area (Å²) >= 11 is 0. The van der Waals surface area contributed by atoms with Gasteiger partial charge in [-0.05, 0) is 5.56 Å². The van der Waals surface area contributed by atoms with Crippen LogP contribution in [0, 0.1) is 0 Å². The van der Waals surface area contributed by atoms with Gasteiger partial charge in [-0.2, -0.15) is 0 Å². The Morgan fingerprint density at radius 1 is 1.38 bits per heavy atom. The fourth-order valence-corrected chi connectivity index (χ4v) is 1.69. The van der Waals surface area contributed by atoms with Crippen LogP contribution in [0.3, 0.4) is 0 Å². The molecule has 1 aromatic carbocycles. The Balaban J connectivity index is 2.55. The van der Waals surface area contributed by atoms with Crippen molar-refractivity contribution < 1.29 is 4.74 Å². The van der Waals surface area contributed by atoms with Crippen molar-refractivity contribution in [2.45, 2.75) is 12.1 Å². The van der Waals surface area contributed by atoms with E-state index in [2.05, 4.69) is 6.08 Å². The Kier molecular flexibility index (Phi) is 1.94. The van der Waals surface area contributed by atoms with Gasteiger partial charge in [-0.15, -0.1) is 0 Å². The van der Waals surface area contributed by atoms with E-state index in [1.54, 1.807) is 7.11 Å². The van der Waals surface area contributed by atoms with E-state index >= 15 is 0 Å². The summed E-state index contributed by atoms with van der Waals surface area (Å²) in [6, 6.07) is 8.05. The molecule has 0 aliphatic heterocycles. The Morgan fingerprint density at radius 2 is 2.15 bits per heavy atom. The van der Waals surface area contributed by atoms with Gasteiger partial charge in [0.25, 0.3) is 0 Å². The minimum Gasteiger partial charge on any atom is -0.359 e. The fourth-order valence-electron chi connectivity index (χ4n) is 1.69. The van der Waals surface area contributed by atoms with E-state index in [0.717, 1.165) is 17.5 Å². The SMILES string of the molecule is COC1(N)CC=Cc2ccccc21. The third kappa shape index (κ3) is 1.28. The molecule has 1 aliphatic rings. The number of fused-ring (bicyclic) bond motifs is 1. The molecule has 0 aromatic heterocycles. The molecule has 0 fully saturated rings. The van der Waals surface area contributed by atoms with Crippen molar-refractivity contribution >= 4 is 6.08 Å². The lowest BCUT2D eigenvalue weighted by atomic mass is 9.90. The third-order valence-corrected chi connectivity index (χ3v) is 2.50. The van der Waals surface area contributed by atoms with Crippen LogP contribution >= 0.6 is 0 Å². The van der Waals surface area contributed by atoms with E-state index in [1.165, 1.54) is 0 Å². The van der Waals surface area contributed by atoms with Crippen LogP contribution in [-0.2, 0) is 10.5 Å². The highest BCUT2D eigenvalue weighted by atomic mass is 16.5. The first kappa shape index (κ1) is 8.48. The molecule has 1 unspecified atom stereocenters. The molecule has 0 bridgehead atoms. The fraction of sp³-hybridized carbons (Fsp3) is 0.273. The molecule has 1 atom stereocenters. The molecule has 1 aliphatic carbocycles. The summed E-state index contributed by atoms with van der Waals surface area (Å²) in [7, 11) is 1.65. The topological polar surface area (TPSA) is 35.2 Å². The molecule has 0 spiro atoms. The Labute approximate surface area is 78.0 Å². The standard InChI is InChI=1S/C11H13NO/c1-13-11(12)8-4-6-9-5-2-3-7-10(9)11/h2-7H,8,12H2,1H3. The zero-order valence-electron chi connectivity index (χ0n) is 7.66. The lowest BCUT2D eigenvalue weighted by molar-refractivity contribution is -0.00800. The molecule has 2 heteroatoms. The Hall–Kier alpha value is -1.12. The second kappa shape index (κ2) is 2.98. The molecule has 0 saturated carbocycles. The van der Waals surface area contributed by atoms with Crippen molar-refractivity contribution in [2.24, 2.45) is 5.73 Å². The van der Waals surface area contributed by atoms with Gasteiger partial charge in [0.15, 0.2) is 0 Å². The van der Waals surface area contributed by atoms with E-state index in [9.17, 15) is 0 Å². The summed E-state index contributed by atoms with van der Waals surface area (Å²) in [6.07, 6.45) is 4.87. The highest BCUT2D eigenvalue weighted by Gasteiger charge is 2.29. The molecule has 0 saturated heterocycles. The van der Waals surface area contributed by atoms with Gasteiger partial charge in [-0.1, -0.05) is 36.4 Å². The first-order valence-electron chi connectivity index (χ1n) is 4.36. The molecular formula is C11H13NO. The number of benzene rings is 1. The maximum absolute atomic E-state index is 6.10. The van der Waals surface area contributed by atoms with Crippen LogP contribution in [0.2, 0.25) is 0 Å². The smallest absolute Gasteiger partial charge is 0.146 e. The van der Waals surface area contributed by atoms with Crippen molar-refractivity contribution in [3.05, 3.63) is 41.5 Å². The van der Waals surface area contributed by atoms with Crippen molar-refractivity contribution in [1.82, 2.24) is 0 Å². The molecule has 2 N–H and O–H groups in total. The highest BCUT2D eigenvalue weighted by molar-refractivity contribution is 5.58. The average molecular weight is 175 g/mol. The monoisotopic (exact) mass is 175 g/mol. The van der Waals surface area contributed by atoms with Crippen molar-refractivity contribution in [3.63, 3.8) is 0 Å². The number of nitrogens with two attached hydrogens (primary N) is 1. The molecule has 2 rings (SSSR count). The summed E-state index contributed by atoms with van der Waals surface area (Å²) in [5, 5.41) is 0. The van der Waals surface area contributed by atoms with Crippen LogP contribution in [0.1, 0.15) is 17.5 Å². The van der Waals surface area contributed by atoms with E-state index in [1.807, 2.05) is 30.3 Å². The van der Waals surface area contributed by atoms with Crippen molar-refractivity contribution in [1.29, 1.82) is 0 Å². The van der Waals surface area contributed by atoms with Gasteiger partial charge in [0.2, 0.25) is 0 Å².